The Morgan fingerprint density at radius 1 is 1.15 bits per heavy atom. The molecule has 0 saturated heterocycles. The highest BCUT2D eigenvalue weighted by Gasteiger charge is 2.04. The molecule has 3 nitrogen and oxygen atoms in total. The molecule has 2 aromatic rings. The summed E-state index contributed by atoms with van der Waals surface area (Å²) >= 11 is 0. The van der Waals surface area contributed by atoms with Crippen molar-refractivity contribution in [3.8, 4) is 0 Å². The van der Waals surface area contributed by atoms with Crippen LogP contribution in [0.1, 0.15) is 38.1 Å². The fourth-order valence-corrected chi connectivity index (χ4v) is 2.16. The van der Waals surface area contributed by atoms with Gasteiger partial charge < -0.3 is 9.32 Å². The van der Waals surface area contributed by atoms with Gasteiger partial charge in [0.05, 0.1) is 6.26 Å². The summed E-state index contributed by atoms with van der Waals surface area (Å²) in [6.07, 6.45) is 3.58. The van der Waals surface area contributed by atoms with E-state index in [2.05, 4.69) is 48.0 Å². The molecule has 0 aliphatic heterocycles. The quantitative estimate of drug-likeness (QED) is 0.732. The van der Waals surface area contributed by atoms with Crippen molar-refractivity contribution in [3.05, 3.63) is 54.0 Å². The lowest BCUT2D eigenvalue weighted by atomic mass is 10.2. The molecule has 0 N–H and O–H groups in total. The van der Waals surface area contributed by atoms with Crippen LogP contribution in [0.3, 0.4) is 0 Å². The molecule has 1 aromatic carbocycles. The van der Waals surface area contributed by atoms with Crippen molar-refractivity contribution in [2.45, 2.75) is 26.8 Å². The second kappa shape index (κ2) is 6.94. The lowest BCUT2D eigenvalue weighted by Gasteiger charge is -2.20. The van der Waals surface area contributed by atoms with Crippen LogP contribution in [0.25, 0.3) is 0 Å². The summed E-state index contributed by atoms with van der Waals surface area (Å²) in [4.78, 5) is 6.85. The highest BCUT2D eigenvalue weighted by atomic mass is 16.3. The van der Waals surface area contributed by atoms with Gasteiger partial charge in [0.25, 0.3) is 0 Å². The van der Waals surface area contributed by atoms with E-state index in [0.29, 0.717) is 0 Å². The zero-order chi connectivity index (χ0) is 14.4. The number of benzene rings is 1. The minimum absolute atomic E-state index is 0.0486. The van der Waals surface area contributed by atoms with E-state index in [9.17, 15) is 0 Å². The van der Waals surface area contributed by atoms with E-state index in [4.69, 9.17) is 4.42 Å². The van der Waals surface area contributed by atoms with E-state index in [1.54, 1.807) is 6.26 Å². The van der Waals surface area contributed by atoms with Gasteiger partial charge in [-0.3, -0.25) is 4.99 Å². The molecule has 106 valence electrons. The van der Waals surface area contributed by atoms with Crippen LogP contribution in [0.5, 0.6) is 0 Å². The molecule has 0 bridgehead atoms. The van der Waals surface area contributed by atoms with Gasteiger partial charge in [-0.05, 0) is 50.6 Å². The molecule has 1 heterocycles. The van der Waals surface area contributed by atoms with Gasteiger partial charge in [-0.2, -0.15) is 0 Å². The summed E-state index contributed by atoms with van der Waals surface area (Å²) in [6.45, 7) is 8.42. The van der Waals surface area contributed by atoms with Crippen LogP contribution in [0.2, 0.25) is 0 Å². The Labute approximate surface area is 120 Å². The normalized spacial score (nSPS) is 12.8. The van der Waals surface area contributed by atoms with E-state index in [1.807, 2.05) is 25.3 Å². The lowest BCUT2D eigenvalue weighted by Crippen LogP contribution is -2.21. The van der Waals surface area contributed by atoms with Crippen LogP contribution >= 0.6 is 0 Å². The highest BCUT2D eigenvalue weighted by molar-refractivity contribution is 5.80. The maximum absolute atomic E-state index is 5.34. The smallest absolute Gasteiger partial charge is 0.127 e. The molecule has 0 aliphatic rings. The van der Waals surface area contributed by atoms with Crippen molar-refractivity contribution in [2.24, 2.45) is 4.99 Å². The second-order valence-electron chi connectivity index (χ2n) is 4.73. The van der Waals surface area contributed by atoms with Crippen molar-refractivity contribution in [2.75, 3.05) is 18.0 Å². The average molecular weight is 270 g/mol. The molecule has 0 saturated carbocycles. The Balaban J connectivity index is 2.03. The number of nitrogens with zero attached hydrogens (tertiary/aromatic N) is 2. The van der Waals surface area contributed by atoms with E-state index in [-0.39, 0.29) is 6.04 Å². The topological polar surface area (TPSA) is 28.7 Å². The van der Waals surface area contributed by atoms with Crippen molar-refractivity contribution in [1.29, 1.82) is 0 Å². The first-order valence-corrected chi connectivity index (χ1v) is 7.16. The van der Waals surface area contributed by atoms with E-state index < -0.39 is 0 Å². The fourth-order valence-electron chi connectivity index (χ4n) is 2.16. The van der Waals surface area contributed by atoms with E-state index in [1.165, 1.54) is 5.69 Å². The van der Waals surface area contributed by atoms with Crippen molar-refractivity contribution >= 4 is 11.9 Å². The number of aliphatic imine (C=N–C) groups is 1. The Morgan fingerprint density at radius 3 is 2.40 bits per heavy atom. The Hall–Kier alpha value is -2.03. The van der Waals surface area contributed by atoms with Crippen molar-refractivity contribution < 1.29 is 4.42 Å². The minimum Gasteiger partial charge on any atom is -0.467 e. The molecule has 3 heteroatoms. The summed E-state index contributed by atoms with van der Waals surface area (Å²) in [5, 5.41) is 0. The summed E-state index contributed by atoms with van der Waals surface area (Å²) in [5.41, 5.74) is 2.37. The third kappa shape index (κ3) is 3.50. The maximum Gasteiger partial charge on any atom is 0.127 e. The van der Waals surface area contributed by atoms with Gasteiger partial charge in [-0.15, -0.1) is 0 Å². The van der Waals surface area contributed by atoms with Crippen molar-refractivity contribution in [1.82, 2.24) is 0 Å². The van der Waals surface area contributed by atoms with Gasteiger partial charge in [0.15, 0.2) is 0 Å². The number of furan rings is 1. The van der Waals surface area contributed by atoms with E-state index >= 15 is 0 Å². The lowest BCUT2D eigenvalue weighted by molar-refractivity contribution is 0.481. The molecule has 0 radical (unpaired) electrons. The molecule has 0 spiro atoms. The van der Waals surface area contributed by atoms with Gasteiger partial charge in [0.2, 0.25) is 0 Å². The van der Waals surface area contributed by atoms with Crippen LogP contribution in [-0.2, 0) is 0 Å². The van der Waals surface area contributed by atoms with Crippen molar-refractivity contribution in [3.63, 3.8) is 0 Å². The summed E-state index contributed by atoms with van der Waals surface area (Å²) in [7, 11) is 0. The molecule has 20 heavy (non-hydrogen) atoms. The van der Waals surface area contributed by atoms with Crippen LogP contribution in [-0.4, -0.2) is 19.3 Å². The molecular formula is C17H22N2O. The summed E-state index contributed by atoms with van der Waals surface area (Å²) < 4.78 is 5.34. The minimum atomic E-state index is 0.0486. The Kier molecular flexibility index (Phi) is 4.99. The molecular weight excluding hydrogens is 248 g/mol. The van der Waals surface area contributed by atoms with E-state index in [0.717, 1.165) is 24.4 Å². The molecule has 0 unspecified atom stereocenters. The van der Waals surface area contributed by atoms with Crippen LogP contribution < -0.4 is 4.90 Å². The van der Waals surface area contributed by atoms with Gasteiger partial charge in [-0.25, -0.2) is 0 Å². The second-order valence-corrected chi connectivity index (χ2v) is 4.73. The zero-order valence-corrected chi connectivity index (χ0v) is 12.4. The highest BCUT2D eigenvalue weighted by Crippen LogP contribution is 2.17. The molecule has 2 rings (SSSR count). The molecule has 1 atom stereocenters. The summed E-state index contributed by atoms with van der Waals surface area (Å²) in [6, 6.07) is 12.4. The standard InChI is InChI=1S/C17H22N2O/c1-4-19(5-2)16-10-8-15(9-11-16)13-18-14(3)17-7-6-12-20-17/h6-14H,4-5H2,1-3H3/t14-/m0/s1. The molecule has 1 aromatic heterocycles. The first kappa shape index (κ1) is 14.4. The molecule has 0 fully saturated rings. The third-order valence-electron chi connectivity index (χ3n) is 3.42. The van der Waals surface area contributed by atoms with Gasteiger partial charge >= 0.3 is 0 Å². The first-order chi connectivity index (χ1) is 9.74. The summed E-state index contributed by atoms with van der Waals surface area (Å²) in [5.74, 6) is 0.890. The maximum atomic E-state index is 5.34. The SMILES string of the molecule is CCN(CC)c1ccc(C=N[C@@H](C)c2ccco2)cc1. The Morgan fingerprint density at radius 2 is 1.85 bits per heavy atom. The van der Waals surface area contributed by atoms with Gasteiger partial charge in [-0.1, -0.05) is 12.1 Å². The monoisotopic (exact) mass is 270 g/mol. The largest absolute Gasteiger partial charge is 0.467 e. The van der Waals surface area contributed by atoms with Crippen LogP contribution in [0.4, 0.5) is 5.69 Å². The number of hydrogen-bond donors (Lipinski definition) is 0. The van der Waals surface area contributed by atoms with Gasteiger partial charge in [0, 0.05) is 25.0 Å². The zero-order valence-electron chi connectivity index (χ0n) is 12.4. The predicted molar refractivity (Wildman–Crippen MR) is 84.7 cm³/mol. The van der Waals surface area contributed by atoms with Crippen LogP contribution in [0, 0.1) is 0 Å². The van der Waals surface area contributed by atoms with Crippen LogP contribution in [0.15, 0.2) is 52.1 Å². The third-order valence-corrected chi connectivity index (χ3v) is 3.42. The average Bonchev–Trinajstić information content (AvgIpc) is 3.01. The molecule has 0 amide bonds. The number of rotatable bonds is 6. The molecule has 0 aliphatic carbocycles. The predicted octanol–water partition coefficient (Wildman–Crippen LogP) is 4.31. The fraction of sp³-hybridized carbons (Fsp3) is 0.353. The first-order valence-electron chi connectivity index (χ1n) is 7.16. The number of anilines is 1. The van der Waals surface area contributed by atoms with Gasteiger partial charge in [0.1, 0.15) is 11.8 Å². The Bertz CT molecular complexity index is 525. The number of hydrogen-bond acceptors (Lipinski definition) is 3.